The summed E-state index contributed by atoms with van der Waals surface area (Å²) in [5, 5.41) is 16.1. The number of rotatable bonds is 1. The fraction of sp³-hybridized carbons (Fsp3) is 0.400. The van der Waals surface area contributed by atoms with Crippen LogP contribution in [0.25, 0.3) is 0 Å². The second kappa shape index (κ2) is 4.35. The van der Waals surface area contributed by atoms with E-state index < -0.39 is 5.82 Å². The van der Waals surface area contributed by atoms with Gasteiger partial charge in [-0.15, -0.1) is 0 Å². The van der Waals surface area contributed by atoms with Crippen LogP contribution in [-0.2, 0) is 0 Å². The molecule has 0 saturated carbocycles. The molecule has 1 aromatic carbocycles. The van der Waals surface area contributed by atoms with Gasteiger partial charge in [-0.05, 0) is 12.1 Å². The molecule has 82 valence electrons. The molecule has 3 N–H and O–H groups in total. The molecule has 1 atom stereocenters. The summed E-state index contributed by atoms with van der Waals surface area (Å²) in [6, 6.07) is 2.40. The third kappa shape index (κ3) is 2.07. The smallest absolute Gasteiger partial charge is 0.141 e. The van der Waals surface area contributed by atoms with Gasteiger partial charge in [-0.3, -0.25) is 0 Å². The van der Waals surface area contributed by atoms with E-state index in [4.69, 9.17) is 11.6 Å². The summed E-state index contributed by atoms with van der Waals surface area (Å²) in [5.74, 6) is -0.601. The number of aromatic hydroxyl groups is 1. The maximum absolute atomic E-state index is 13.5. The minimum atomic E-state index is -0.432. The Bertz CT molecular complexity index is 367. The van der Waals surface area contributed by atoms with Crippen LogP contribution in [0.3, 0.4) is 0 Å². The molecule has 0 unspecified atom stereocenters. The van der Waals surface area contributed by atoms with Crippen LogP contribution < -0.4 is 10.6 Å². The summed E-state index contributed by atoms with van der Waals surface area (Å²) in [4.78, 5) is 0. The van der Waals surface area contributed by atoms with E-state index in [1.54, 1.807) is 0 Å². The van der Waals surface area contributed by atoms with E-state index in [-0.39, 0.29) is 22.4 Å². The normalized spacial score (nSPS) is 21.6. The zero-order chi connectivity index (χ0) is 10.8. The quantitative estimate of drug-likeness (QED) is 0.684. The molecular formula is C10H12ClFN2O. The van der Waals surface area contributed by atoms with Gasteiger partial charge in [-0.1, -0.05) is 11.6 Å². The Labute approximate surface area is 92.2 Å². The van der Waals surface area contributed by atoms with Gasteiger partial charge in [0.25, 0.3) is 0 Å². The standard InChI is InChI=1S/C10H12ClFN2O/c11-6-1-2-7(12)9(10(6)15)8-5-13-3-4-14-8/h1-2,8,13-15H,3-5H2/t8-/m0/s1. The van der Waals surface area contributed by atoms with Crippen molar-refractivity contribution in [2.45, 2.75) is 6.04 Å². The molecule has 0 aliphatic carbocycles. The lowest BCUT2D eigenvalue weighted by atomic mass is 10.0. The van der Waals surface area contributed by atoms with Crippen LogP contribution in [-0.4, -0.2) is 24.7 Å². The lowest BCUT2D eigenvalue weighted by molar-refractivity contribution is 0.390. The van der Waals surface area contributed by atoms with Crippen molar-refractivity contribution in [2.24, 2.45) is 0 Å². The van der Waals surface area contributed by atoms with Gasteiger partial charge >= 0.3 is 0 Å². The van der Waals surface area contributed by atoms with E-state index in [2.05, 4.69) is 10.6 Å². The molecule has 2 rings (SSSR count). The van der Waals surface area contributed by atoms with Gasteiger partial charge in [0.15, 0.2) is 0 Å². The van der Waals surface area contributed by atoms with E-state index in [9.17, 15) is 9.50 Å². The number of phenols is 1. The summed E-state index contributed by atoms with van der Waals surface area (Å²) in [6.07, 6.45) is 0. The van der Waals surface area contributed by atoms with Crippen molar-refractivity contribution >= 4 is 11.6 Å². The van der Waals surface area contributed by atoms with Gasteiger partial charge in [0.2, 0.25) is 0 Å². The molecule has 0 aromatic heterocycles. The van der Waals surface area contributed by atoms with Gasteiger partial charge in [0, 0.05) is 25.2 Å². The van der Waals surface area contributed by atoms with Crippen molar-refractivity contribution < 1.29 is 9.50 Å². The number of nitrogens with one attached hydrogen (secondary N) is 2. The summed E-state index contributed by atoms with van der Waals surface area (Å²) in [7, 11) is 0. The molecule has 15 heavy (non-hydrogen) atoms. The topological polar surface area (TPSA) is 44.3 Å². The molecule has 3 nitrogen and oxygen atoms in total. The van der Waals surface area contributed by atoms with E-state index in [0.717, 1.165) is 13.1 Å². The van der Waals surface area contributed by atoms with Crippen molar-refractivity contribution in [1.29, 1.82) is 0 Å². The fourth-order valence-electron chi connectivity index (χ4n) is 1.75. The number of phenolic OH excluding ortho intramolecular Hbond substituents is 1. The summed E-state index contributed by atoms with van der Waals surface area (Å²) >= 11 is 5.74. The zero-order valence-corrected chi connectivity index (χ0v) is 8.81. The fourth-order valence-corrected chi connectivity index (χ4v) is 1.91. The number of benzene rings is 1. The Morgan fingerprint density at radius 2 is 2.20 bits per heavy atom. The molecule has 0 bridgehead atoms. The van der Waals surface area contributed by atoms with Crippen LogP contribution >= 0.6 is 11.6 Å². The van der Waals surface area contributed by atoms with Gasteiger partial charge in [-0.25, -0.2) is 4.39 Å². The van der Waals surface area contributed by atoms with E-state index >= 15 is 0 Å². The largest absolute Gasteiger partial charge is 0.506 e. The van der Waals surface area contributed by atoms with Crippen molar-refractivity contribution in [3.8, 4) is 5.75 Å². The van der Waals surface area contributed by atoms with E-state index in [1.807, 2.05) is 0 Å². The second-order valence-corrected chi connectivity index (χ2v) is 3.91. The van der Waals surface area contributed by atoms with Crippen LogP contribution in [0.5, 0.6) is 5.75 Å². The lowest BCUT2D eigenvalue weighted by Gasteiger charge is -2.25. The predicted molar refractivity (Wildman–Crippen MR) is 56.7 cm³/mol. The Balaban J connectivity index is 2.36. The number of piperazine rings is 1. The Kier molecular flexibility index (Phi) is 3.09. The predicted octanol–water partition coefficient (Wildman–Crippen LogP) is 1.42. The van der Waals surface area contributed by atoms with Crippen LogP contribution in [0.15, 0.2) is 12.1 Å². The first-order valence-corrected chi connectivity index (χ1v) is 5.19. The Hall–Kier alpha value is -0.840. The third-order valence-corrected chi connectivity index (χ3v) is 2.81. The highest BCUT2D eigenvalue weighted by Crippen LogP contribution is 2.33. The first-order chi connectivity index (χ1) is 7.20. The molecule has 1 heterocycles. The zero-order valence-electron chi connectivity index (χ0n) is 8.06. The van der Waals surface area contributed by atoms with Crippen molar-refractivity contribution in [3.05, 3.63) is 28.5 Å². The van der Waals surface area contributed by atoms with E-state index in [0.29, 0.717) is 6.54 Å². The van der Waals surface area contributed by atoms with Crippen LogP contribution in [0.4, 0.5) is 4.39 Å². The molecule has 0 amide bonds. The Morgan fingerprint density at radius 1 is 1.40 bits per heavy atom. The average molecular weight is 231 g/mol. The summed E-state index contributed by atoms with van der Waals surface area (Å²) in [6.45, 7) is 2.18. The second-order valence-electron chi connectivity index (χ2n) is 3.50. The van der Waals surface area contributed by atoms with Crippen LogP contribution in [0.2, 0.25) is 5.02 Å². The SMILES string of the molecule is Oc1c(Cl)ccc(F)c1[C@@H]1CNCCN1. The summed E-state index contributed by atoms with van der Waals surface area (Å²) < 4.78 is 13.5. The molecule has 1 saturated heterocycles. The minimum Gasteiger partial charge on any atom is -0.506 e. The molecule has 5 heteroatoms. The number of hydrogen-bond donors (Lipinski definition) is 3. The molecule has 0 spiro atoms. The number of halogens is 2. The Morgan fingerprint density at radius 3 is 2.87 bits per heavy atom. The van der Waals surface area contributed by atoms with Crippen molar-refractivity contribution in [3.63, 3.8) is 0 Å². The highest BCUT2D eigenvalue weighted by Gasteiger charge is 2.22. The van der Waals surface area contributed by atoms with Gasteiger partial charge in [0.05, 0.1) is 11.1 Å². The first-order valence-electron chi connectivity index (χ1n) is 4.81. The minimum absolute atomic E-state index is 0.169. The maximum atomic E-state index is 13.5. The molecule has 1 aromatic rings. The molecule has 1 fully saturated rings. The maximum Gasteiger partial charge on any atom is 0.141 e. The van der Waals surface area contributed by atoms with Gasteiger partial charge in [-0.2, -0.15) is 0 Å². The third-order valence-electron chi connectivity index (χ3n) is 2.50. The van der Waals surface area contributed by atoms with Crippen molar-refractivity contribution in [1.82, 2.24) is 10.6 Å². The van der Waals surface area contributed by atoms with Crippen LogP contribution in [0, 0.1) is 5.82 Å². The average Bonchev–Trinajstić information content (AvgIpc) is 2.26. The monoisotopic (exact) mass is 230 g/mol. The molecule has 1 aliphatic heterocycles. The lowest BCUT2D eigenvalue weighted by Crippen LogP contribution is -2.43. The molecule has 1 aliphatic rings. The summed E-state index contributed by atoms with van der Waals surface area (Å²) in [5.41, 5.74) is 0.245. The van der Waals surface area contributed by atoms with Gasteiger partial charge in [0.1, 0.15) is 11.6 Å². The first kappa shape index (κ1) is 10.7. The highest BCUT2D eigenvalue weighted by atomic mass is 35.5. The molecular weight excluding hydrogens is 219 g/mol. The van der Waals surface area contributed by atoms with Gasteiger partial charge < -0.3 is 15.7 Å². The highest BCUT2D eigenvalue weighted by molar-refractivity contribution is 6.32. The number of hydrogen-bond acceptors (Lipinski definition) is 3. The van der Waals surface area contributed by atoms with E-state index in [1.165, 1.54) is 12.1 Å². The van der Waals surface area contributed by atoms with Crippen LogP contribution in [0.1, 0.15) is 11.6 Å². The molecule has 0 radical (unpaired) electrons. The van der Waals surface area contributed by atoms with Crippen molar-refractivity contribution in [2.75, 3.05) is 19.6 Å².